The third-order valence-corrected chi connectivity index (χ3v) is 6.47. The zero-order valence-electron chi connectivity index (χ0n) is 16.2. The number of fused-ring (bicyclic) bond motifs is 1. The van der Waals surface area contributed by atoms with Crippen molar-refractivity contribution >= 4 is 32.8 Å². The van der Waals surface area contributed by atoms with Gasteiger partial charge in [-0.3, -0.25) is 4.79 Å². The number of ether oxygens (including phenoxy) is 1. The highest BCUT2D eigenvalue weighted by Gasteiger charge is 2.17. The van der Waals surface area contributed by atoms with Gasteiger partial charge in [-0.1, -0.05) is 30.3 Å². The molecule has 2 aromatic carbocycles. The highest BCUT2D eigenvalue weighted by molar-refractivity contribution is 7.90. The highest BCUT2D eigenvalue weighted by atomic mass is 32.2. The molecule has 1 fully saturated rings. The molecule has 0 spiro atoms. The van der Waals surface area contributed by atoms with Gasteiger partial charge in [0, 0.05) is 31.5 Å². The van der Waals surface area contributed by atoms with Gasteiger partial charge in [0.15, 0.2) is 6.29 Å². The molecule has 156 valence electrons. The topological polar surface area (TPSA) is 86.6 Å². The van der Waals surface area contributed by atoms with E-state index in [-0.39, 0.29) is 4.90 Å². The maximum absolute atomic E-state index is 12.9. The molecular formula is C22H22N2O5S. The molecule has 2 heterocycles. The first-order valence-electron chi connectivity index (χ1n) is 9.70. The minimum Gasteiger partial charge on any atom is -0.350 e. The molecular weight excluding hydrogens is 404 g/mol. The molecule has 8 heteroatoms. The normalized spacial score (nSPS) is 17.4. The molecule has 1 aliphatic heterocycles. The van der Waals surface area contributed by atoms with Crippen molar-refractivity contribution in [3.8, 4) is 0 Å². The standard InChI is InChI=1S/C22H22N2O5S/c25-21(23-29-22-7-3-4-14-28-22)11-8-17-12-13-24(16-17)30(26,27)20-10-9-18-5-1-2-6-19(18)15-20/h1-2,5-6,8-13,15-16,22H,3-4,7,14H2,(H,23,25)/b11-8+. The van der Waals surface area contributed by atoms with Gasteiger partial charge < -0.3 is 4.74 Å². The summed E-state index contributed by atoms with van der Waals surface area (Å²) < 4.78 is 32.4. The minimum atomic E-state index is -3.73. The molecule has 7 nitrogen and oxygen atoms in total. The van der Waals surface area contributed by atoms with Crippen molar-refractivity contribution in [1.29, 1.82) is 0 Å². The summed E-state index contributed by atoms with van der Waals surface area (Å²) in [7, 11) is -3.73. The van der Waals surface area contributed by atoms with Gasteiger partial charge in [0.2, 0.25) is 0 Å². The molecule has 0 saturated carbocycles. The Morgan fingerprint density at radius 2 is 1.97 bits per heavy atom. The predicted octanol–water partition coefficient (Wildman–Crippen LogP) is 3.47. The summed E-state index contributed by atoms with van der Waals surface area (Å²) in [6.45, 7) is 0.621. The van der Waals surface area contributed by atoms with Crippen LogP contribution in [-0.4, -0.2) is 31.2 Å². The average Bonchev–Trinajstić information content (AvgIpc) is 3.27. The van der Waals surface area contributed by atoms with Crippen molar-refractivity contribution in [3.63, 3.8) is 0 Å². The number of amides is 1. The van der Waals surface area contributed by atoms with E-state index in [4.69, 9.17) is 9.57 Å². The molecule has 1 aliphatic rings. The SMILES string of the molecule is O=C(/C=C/c1ccn(S(=O)(=O)c2ccc3ccccc3c2)c1)NOC1CCCCO1. The van der Waals surface area contributed by atoms with Gasteiger partial charge in [-0.25, -0.2) is 22.7 Å². The summed E-state index contributed by atoms with van der Waals surface area (Å²) >= 11 is 0. The van der Waals surface area contributed by atoms with Gasteiger partial charge in [0.25, 0.3) is 15.9 Å². The Bertz CT molecular complexity index is 1180. The first kappa shape index (κ1) is 20.3. The van der Waals surface area contributed by atoms with E-state index in [1.54, 1.807) is 24.3 Å². The fourth-order valence-electron chi connectivity index (χ4n) is 3.22. The van der Waals surface area contributed by atoms with E-state index in [2.05, 4.69) is 5.48 Å². The fourth-order valence-corrected chi connectivity index (χ4v) is 4.46. The molecule has 1 amide bonds. The molecule has 30 heavy (non-hydrogen) atoms. The van der Waals surface area contributed by atoms with Crippen LogP contribution in [0.25, 0.3) is 16.8 Å². The van der Waals surface area contributed by atoms with Crippen molar-refractivity contribution in [2.45, 2.75) is 30.4 Å². The highest BCUT2D eigenvalue weighted by Crippen LogP contribution is 2.21. The second-order valence-corrected chi connectivity index (χ2v) is 8.85. The van der Waals surface area contributed by atoms with E-state index in [1.165, 1.54) is 24.5 Å². The van der Waals surface area contributed by atoms with E-state index >= 15 is 0 Å². The van der Waals surface area contributed by atoms with Gasteiger partial charge in [-0.05, 0) is 53.5 Å². The van der Waals surface area contributed by atoms with Gasteiger partial charge in [0.1, 0.15) is 0 Å². The lowest BCUT2D eigenvalue weighted by Gasteiger charge is -2.21. The van der Waals surface area contributed by atoms with Crippen molar-refractivity contribution in [2.24, 2.45) is 0 Å². The molecule has 0 bridgehead atoms. The Morgan fingerprint density at radius 1 is 1.13 bits per heavy atom. The van der Waals surface area contributed by atoms with Gasteiger partial charge in [0.05, 0.1) is 4.90 Å². The largest absolute Gasteiger partial charge is 0.350 e. The first-order valence-corrected chi connectivity index (χ1v) is 11.1. The third-order valence-electron chi connectivity index (χ3n) is 4.84. The van der Waals surface area contributed by atoms with E-state index in [0.29, 0.717) is 12.2 Å². The van der Waals surface area contributed by atoms with Crippen LogP contribution in [0.4, 0.5) is 0 Å². The maximum atomic E-state index is 12.9. The fraction of sp³-hybridized carbons (Fsp3) is 0.227. The Balaban J connectivity index is 1.43. The van der Waals surface area contributed by atoms with E-state index in [9.17, 15) is 13.2 Å². The number of carbonyl (C=O) groups is 1. The monoisotopic (exact) mass is 426 g/mol. The molecule has 4 rings (SSSR count). The number of aromatic nitrogens is 1. The molecule has 0 aliphatic carbocycles. The van der Waals surface area contributed by atoms with Crippen LogP contribution in [0.15, 0.2) is 71.9 Å². The third kappa shape index (κ3) is 4.62. The predicted molar refractivity (Wildman–Crippen MR) is 113 cm³/mol. The quantitative estimate of drug-likeness (QED) is 0.482. The Kier molecular flexibility index (Phi) is 5.98. The zero-order valence-corrected chi connectivity index (χ0v) is 17.0. The number of rotatable bonds is 6. The smallest absolute Gasteiger partial charge is 0.267 e. The summed E-state index contributed by atoms with van der Waals surface area (Å²) in [5, 5.41) is 1.82. The summed E-state index contributed by atoms with van der Waals surface area (Å²) in [6, 6.07) is 14.2. The van der Waals surface area contributed by atoms with Crippen LogP contribution < -0.4 is 5.48 Å². The number of hydroxylamine groups is 1. The van der Waals surface area contributed by atoms with Crippen molar-refractivity contribution in [1.82, 2.24) is 9.45 Å². The summed E-state index contributed by atoms with van der Waals surface area (Å²) in [5.74, 6) is -0.450. The number of hydrogen-bond acceptors (Lipinski definition) is 5. The van der Waals surface area contributed by atoms with Crippen LogP contribution in [0.3, 0.4) is 0 Å². The van der Waals surface area contributed by atoms with Crippen LogP contribution in [0.2, 0.25) is 0 Å². The lowest BCUT2D eigenvalue weighted by molar-refractivity contribution is -0.198. The van der Waals surface area contributed by atoms with Crippen molar-refractivity contribution in [3.05, 3.63) is 72.6 Å². The summed E-state index contributed by atoms with van der Waals surface area (Å²) in [4.78, 5) is 17.3. The van der Waals surface area contributed by atoms with Crippen LogP contribution in [0.5, 0.6) is 0 Å². The number of nitrogens with one attached hydrogen (secondary N) is 1. The van der Waals surface area contributed by atoms with Crippen LogP contribution >= 0.6 is 0 Å². The molecule has 1 saturated heterocycles. The van der Waals surface area contributed by atoms with Crippen molar-refractivity contribution < 1.29 is 22.8 Å². The number of benzene rings is 2. The summed E-state index contributed by atoms with van der Waals surface area (Å²) in [6.07, 6.45) is 8.01. The van der Waals surface area contributed by atoms with Crippen LogP contribution in [-0.2, 0) is 24.4 Å². The Hall–Kier alpha value is -2.94. The minimum absolute atomic E-state index is 0.200. The molecule has 0 radical (unpaired) electrons. The van der Waals surface area contributed by atoms with Crippen molar-refractivity contribution in [2.75, 3.05) is 6.61 Å². The number of hydrogen-bond donors (Lipinski definition) is 1. The molecule has 1 unspecified atom stereocenters. The first-order chi connectivity index (χ1) is 14.5. The van der Waals surface area contributed by atoms with Crippen LogP contribution in [0.1, 0.15) is 24.8 Å². The molecule has 3 aromatic rings. The molecule has 1 atom stereocenters. The second-order valence-electron chi connectivity index (χ2n) is 7.00. The van der Waals surface area contributed by atoms with E-state index < -0.39 is 22.2 Å². The van der Waals surface area contributed by atoms with Gasteiger partial charge in [-0.2, -0.15) is 0 Å². The molecule has 1 N–H and O–H groups in total. The maximum Gasteiger partial charge on any atom is 0.267 e. The lowest BCUT2D eigenvalue weighted by atomic mass is 10.1. The zero-order chi connectivity index (χ0) is 21.0. The van der Waals surface area contributed by atoms with E-state index in [1.807, 2.05) is 24.3 Å². The second kappa shape index (κ2) is 8.83. The van der Waals surface area contributed by atoms with Gasteiger partial charge in [-0.15, -0.1) is 0 Å². The van der Waals surface area contributed by atoms with E-state index in [0.717, 1.165) is 34.0 Å². The summed E-state index contributed by atoms with van der Waals surface area (Å²) in [5.41, 5.74) is 2.90. The number of nitrogens with zero attached hydrogens (tertiary/aromatic N) is 1. The van der Waals surface area contributed by atoms with Gasteiger partial charge >= 0.3 is 0 Å². The number of carbonyl (C=O) groups excluding carboxylic acids is 1. The Labute approximate surface area is 174 Å². The average molecular weight is 426 g/mol. The lowest BCUT2D eigenvalue weighted by Crippen LogP contribution is -2.32. The Morgan fingerprint density at radius 3 is 2.77 bits per heavy atom. The van der Waals surface area contributed by atoms with Crippen LogP contribution in [0, 0.1) is 0 Å². The molecule has 1 aromatic heterocycles.